The van der Waals surface area contributed by atoms with Gasteiger partial charge in [0.1, 0.15) is 0 Å². The molecule has 0 radical (unpaired) electrons. The Morgan fingerprint density at radius 1 is 0.970 bits per heavy atom. The van der Waals surface area contributed by atoms with Gasteiger partial charge in [-0.3, -0.25) is 4.79 Å². The Morgan fingerprint density at radius 3 is 2.52 bits per heavy atom. The van der Waals surface area contributed by atoms with E-state index in [1.807, 2.05) is 59.5 Å². The zero-order valence-electron chi connectivity index (χ0n) is 18.6. The molecule has 0 unspecified atom stereocenters. The third-order valence-electron chi connectivity index (χ3n) is 6.09. The van der Waals surface area contributed by atoms with Crippen molar-refractivity contribution in [2.45, 2.75) is 12.5 Å². The fourth-order valence-corrected chi connectivity index (χ4v) is 4.46. The van der Waals surface area contributed by atoms with Crippen LogP contribution in [-0.2, 0) is 11.2 Å². The maximum absolute atomic E-state index is 13.4. The van der Waals surface area contributed by atoms with Gasteiger partial charge in [0.05, 0.1) is 20.3 Å². The van der Waals surface area contributed by atoms with E-state index in [1.165, 1.54) is 0 Å². The van der Waals surface area contributed by atoms with Crippen molar-refractivity contribution < 1.29 is 23.7 Å². The van der Waals surface area contributed by atoms with E-state index < -0.39 is 0 Å². The Labute approximate surface area is 193 Å². The minimum atomic E-state index is -0.219. The largest absolute Gasteiger partial charge is 0.493 e. The van der Waals surface area contributed by atoms with Crippen LogP contribution in [0.5, 0.6) is 23.0 Å². The highest BCUT2D eigenvalue weighted by Gasteiger charge is 2.32. The number of hydrogen-bond donors (Lipinski definition) is 0. The summed E-state index contributed by atoms with van der Waals surface area (Å²) in [7, 11) is 3.26. The minimum absolute atomic E-state index is 0.0537. The fourth-order valence-electron chi connectivity index (χ4n) is 4.46. The molecule has 0 saturated carbocycles. The molecule has 1 amide bonds. The molecule has 1 atom stereocenters. The van der Waals surface area contributed by atoms with Gasteiger partial charge in [-0.2, -0.15) is 0 Å². The van der Waals surface area contributed by atoms with Crippen LogP contribution in [0.3, 0.4) is 0 Å². The molecule has 3 aromatic rings. The number of fused-ring (bicyclic) bond motifs is 2. The molecular weight excluding hydrogens is 418 g/mol. The van der Waals surface area contributed by atoms with E-state index in [9.17, 15) is 4.79 Å². The highest BCUT2D eigenvalue weighted by atomic mass is 16.7. The van der Waals surface area contributed by atoms with Crippen LogP contribution >= 0.6 is 0 Å². The van der Waals surface area contributed by atoms with E-state index in [1.54, 1.807) is 20.3 Å². The number of hydrogen-bond acceptors (Lipinski definition) is 5. The molecule has 0 bridgehead atoms. The third-order valence-corrected chi connectivity index (χ3v) is 6.09. The normalized spacial score (nSPS) is 16.5. The summed E-state index contributed by atoms with van der Waals surface area (Å²) in [5.74, 6) is 2.72. The zero-order chi connectivity index (χ0) is 22.8. The van der Waals surface area contributed by atoms with Crippen LogP contribution in [0.1, 0.15) is 28.3 Å². The first-order valence-corrected chi connectivity index (χ1v) is 10.9. The van der Waals surface area contributed by atoms with Gasteiger partial charge in [-0.15, -0.1) is 0 Å². The van der Waals surface area contributed by atoms with E-state index in [0.29, 0.717) is 23.8 Å². The van der Waals surface area contributed by atoms with Crippen LogP contribution in [-0.4, -0.2) is 38.4 Å². The first-order chi connectivity index (χ1) is 16.2. The van der Waals surface area contributed by atoms with Crippen molar-refractivity contribution in [1.82, 2.24) is 4.90 Å². The van der Waals surface area contributed by atoms with Crippen molar-refractivity contribution in [2.75, 3.05) is 27.6 Å². The maximum Gasteiger partial charge on any atom is 0.247 e. The van der Waals surface area contributed by atoms with E-state index in [0.717, 1.165) is 34.4 Å². The second-order valence-corrected chi connectivity index (χ2v) is 7.95. The van der Waals surface area contributed by atoms with Crippen LogP contribution in [0.2, 0.25) is 0 Å². The molecule has 33 heavy (non-hydrogen) atoms. The molecular formula is C27H25NO5. The highest BCUT2D eigenvalue weighted by Crippen LogP contribution is 2.41. The number of methoxy groups -OCH3 is 2. The average molecular weight is 443 g/mol. The van der Waals surface area contributed by atoms with Crippen LogP contribution in [0, 0.1) is 0 Å². The lowest BCUT2D eigenvalue weighted by Gasteiger charge is -2.37. The predicted octanol–water partition coefficient (Wildman–Crippen LogP) is 4.62. The van der Waals surface area contributed by atoms with Gasteiger partial charge >= 0.3 is 0 Å². The summed E-state index contributed by atoms with van der Waals surface area (Å²) < 4.78 is 21.9. The van der Waals surface area contributed by atoms with Gasteiger partial charge < -0.3 is 23.8 Å². The Bertz CT molecular complexity index is 1200. The molecule has 2 heterocycles. The summed E-state index contributed by atoms with van der Waals surface area (Å²) in [4.78, 5) is 15.3. The number of amides is 1. The van der Waals surface area contributed by atoms with Gasteiger partial charge in [-0.25, -0.2) is 0 Å². The predicted molar refractivity (Wildman–Crippen MR) is 125 cm³/mol. The Kier molecular flexibility index (Phi) is 5.65. The number of rotatable bonds is 5. The monoisotopic (exact) mass is 443 g/mol. The van der Waals surface area contributed by atoms with Crippen LogP contribution in [0.25, 0.3) is 6.08 Å². The minimum Gasteiger partial charge on any atom is -0.493 e. The van der Waals surface area contributed by atoms with E-state index in [4.69, 9.17) is 18.9 Å². The van der Waals surface area contributed by atoms with E-state index in [2.05, 4.69) is 12.1 Å². The molecule has 2 aliphatic heterocycles. The molecule has 0 fully saturated rings. The van der Waals surface area contributed by atoms with Crippen molar-refractivity contribution >= 4 is 12.0 Å². The molecule has 2 aliphatic rings. The molecule has 6 heteroatoms. The summed E-state index contributed by atoms with van der Waals surface area (Å²) in [6.45, 7) is 0.827. The van der Waals surface area contributed by atoms with Crippen molar-refractivity contribution in [3.8, 4) is 23.0 Å². The SMILES string of the molecule is COc1cc2c(cc1OC)[C@@H](c1ccccc1)N(C(=O)/C=C/c1ccc3c(c1)OCO3)CC2. The number of benzene rings is 3. The summed E-state index contributed by atoms with van der Waals surface area (Å²) >= 11 is 0. The summed E-state index contributed by atoms with van der Waals surface area (Å²) in [6.07, 6.45) is 4.18. The lowest BCUT2D eigenvalue weighted by atomic mass is 9.87. The van der Waals surface area contributed by atoms with Crippen molar-refractivity contribution in [3.63, 3.8) is 0 Å². The van der Waals surface area contributed by atoms with Gasteiger partial charge in [-0.1, -0.05) is 36.4 Å². The molecule has 0 N–H and O–H groups in total. The summed E-state index contributed by atoms with van der Waals surface area (Å²) in [5, 5.41) is 0. The molecule has 0 spiro atoms. The lowest BCUT2D eigenvalue weighted by Crippen LogP contribution is -2.39. The van der Waals surface area contributed by atoms with Crippen LogP contribution in [0.4, 0.5) is 0 Å². The van der Waals surface area contributed by atoms with Crippen molar-refractivity contribution in [3.05, 3.63) is 89.0 Å². The molecule has 3 aromatic carbocycles. The number of carbonyl (C=O) groups excluding carboxylic acids is 1. The Hall–Kier alpha value is -3.93. The first-order valence-electron chi connectivity index (χ1n) is 10.9. The number of carbonyl (C=O) groups is 1. The average Bonchev–Trinajstić information content (AvgIpc) is 3.34. The molecule has 0 saturated heterocycles. The molecule has 5 rings (SSSR count). The molecule has 6 nitrogen and oxygen atoms in total. The van der Waals surface area contributed by atoms with E-state index >= 15 is 0 Å². The van der Waals surface area contributed by atoms with Crippen molar-refractivity contribution in [1.29, 1.82) is 0 Å². The van der Waals surface area contributed by atoms with Gasteiger partial charge in [-0.05, 0) is 59.0 Å². The quantitative estimate of drug-likeness (QED) is 0.539. The zero-order valence-corrected chi connectivity index (χ0v) is 18.6. The van der Waals surface area contributed by atoms with Crippen LogP contribution < -0.4 is 18.9 Å². The van der Waals surface area contributed by atoms with Gasteiger partial charge in [0.15, 0.2) is 23.0 Å². The smallest absolute Gasteiger partial charge is 0.247 e. The van der Waals surface area contributed by atoms with Crippen molar-refractivity contribution in [2.24, 2.45) is 0 Å². The molecule has 0 aromatic heterocycles. The molecule has 168 valence electrons. The Balaban J connectivity index is 1.49. The summed E-state index contributed by atoms with van der Waals surface area (Å²) in [6, 6.07) is 19.5. The summed E-state index contributed by atoms with van der Waals surface area (Å²) in [5.41, 5.74) is 4.14. The first kappa shape index (κ1) is 20.9. The second-order valence-electron chi connectivity index (χ2n) is 7.95. The topological polar surface area (TPSA) is 57.2 Å². The number of nitrogens with zero attached hydrogens (tertiary/aromatic N) is 1. The third kappa shape index (κ3) is 4.00. The standard InChI is InChI=1S/C27H25NO5/c1-30-23-15-20-12-13-28(26(29)11-9-18-8-10-22-25(14-18)33-17-32-22)27(19-6-4-3-5-7-19)21(20)16-24(23)31-2/h3-11,14-16,27H,12-13,17H2,1-2H3/b11-9+/t27-/m1/s1. The van der Waals surface area contributed by atoms with Crippen LogP contribution in [0.15, 0.2) is 66.7 Å². The lowest BCUT2D eigenvalue weighted by molar-refractivity contribution is -0.127. The second kappa shape index (κ2) is 8.90. The van der Waals surface area contributed by atoms with Gasteiger partial charge in [0, 0.05) is 12.6 Å². The fraction of sp³-hybridized carbons (Fsp3) is 0.222. The Morgan fingerprint density at radius 2 is 1.73 bits per heavy atom. The van der Waals surface area contributed by atoms with E-state index in [-0.39, 0.29) is 18.7 Å². The van der Waals surface area contributed by atoms with Gasteiger partial charge in [0.2, 0.25) is 12.7 Å². The molecule has 0 aliphatic carbocycles. The van der Waals surface area contributed by atoms with Gasteiger partial charge in [0.25, 0.3) is 0 Å². The maximum atomic E-state index is 13.4. The highest BCUT2D eigenvalue weighted by molar-refractivity contribution is 5.92. The number of ether oxygens (including phenoxy) is 4.